The molecule has 0 bridgehead atoms. The molecule has 0 amide bonds. The number of nitrogens with two attached hydrogens (primary N) is 1. The molecule has 2 aromatic carbocycles. The van der Waals surface area contributed by atoms with Gasteiger partial charge in [0.1, 0.15) is 0 Å². The molecule has 0 aliphatic heterocycles. The summed E-state index contributed by atoms with van der Waals surface area (Å²) in [6, 6.07) is 9.22. The second-order valence-electron chi connectivity index (χ2n) is 4.75. The van der Waals surface area contributed by atoms with Gasteiger partial charge in [-0.05, 0) is 30.5 Å². The number of rotatable bonds is 2. The lowest BCUT2D eigenvalue weighted by Crippen LogP contribution is -2.22. The standard InChI is InChI=1S/C14H15N3O/c1-9(15)8-17-14-11(7-16-17)3-2-10-6-12(18)4-5-13(10)14/h2-7,9,16H,8,15H2,1H3/t9-/m1/s1. The number of nitrogens with one attached hydrogen (secondary N) is 1. The van der Waals surface area contributed by atoms with Crippen LogP contribution in [0.2, 0.25) is 0 Å². The molecule has 3 N–H and O–H groups in total. The number of nitrogens with zero attached hydrogens (tertiary/aromatic N) is 1. The lowest BCUT2D eigenvalue weighted by Gasteiger charge is -2.09. The molecule has 0 radical (unpaired) electrons. The second kappa shape index (κ2) is 3.99. The van der Waals surface area contributed by atoms with Crippen LogP contribution >= 0.6 is 0 Å². The molecule has 0 saturated carbocycles. The zero-order valence-electron chi connectivity index (χ0n) is 10.2. The molecular formula is C14H15N3O. The number of hydrogen-bond donors (Lipinski definition) is 2. The summed E-state index contributed by atoms with van der Waals surface area (Å²) >= 11 is 0. The topological polar surface area (TPSA) is 63.8 Å². The summed E-state index contributed by atoms with van der Waals surface area (Å²) in [4.78, 5) is 11.4. The van der Waals surface area contributed by atoms with Crippen LogP contribution in [-0.2, 0) is 6.54 Å². The summed E-state index contributed by atoms with van der Waals surface area (Å²) in [7, 11) is 0. The summed E-state index contributed by atoms with van der Waals surface area (Å²) in [5, 5.41) is 6.38. The smallest absolute Gasteiger partial charge is 0.179 e. The quantitative estimate of drug-likeness (QED) is 0.719. The first-order valence-electron chi connectivity index (χ1n) is 6.01. The fourth-order valence-corrected chi connectivity index (χ4v) is 2.37. The van der Waals surface area contributed by atoms with Crippen LogP contribution < -0.4 is 11.2 Å². The van der Waals surface area contributed by atoms with E-state index in [9.17, 15) is 4.79 Å². The van der Waals surface area contributed by atoms with Gasteiger partial charge in [0.05, 0.1) is 12.1 Å². The van der Waals surface area contributed by atoms with Gasteiger partial charge >= 0.3 is 0 Å². The van der Waals surface area contributed by atoms with E-state index in [0.717, 1.165) is 28.2 Å². The van der Waals surface area contributed by atoms with Gasteiger partial charge < -0.3 is 10.8 Å². The largest absolute Gasteiger partial charge is 0.326 e. The van der Waals surface area contributed by atoms with E-state index in [2.05, 4.69) is 5.10 Å². The first-order chi connectivity index (χ1) is 8.65. The van der Waals surface area contributed by atoms with Crippen LogP contribution in [-0.4, -0.2) is 15.8 Å². The third-order valence-electron chi connectivity index (χ3n) is 3.11. The van der Waals surface area contributed by atoms with E-state index in [1.54, 1.807) is 12.1 Å². The first-order valence-corrected chi connectivity index (χ1v) is 6.01. The number of fused-ring (bicyclic) bond motifs is 3. The minimum Gasteiger partial charge on any atom is -0.326 e. The van der Waals surface area contributed by atoms with E-state index in [0.29, 0.717) is 0 Å². The van der Waals surface area contributed by atoms with Crippen molar-refractivity contribution >= 4 is 21.7 Å². The minimum atomic E-state index is 0.0381. The number of aromatic nitrogens is 2. The van der Waals surface area contributed by atoms with Crippen LogP contribution in [0.25, 0.3) is 21.7 Å². The summed E-state index contributed by atoms with van der Waals surface area (Å²) in [6.45, 7) is 2.70. The van der Waals surface area contributed by atoms with Crippen LogP contribution in [0.15, 0.2) is 41.3 Å². The van der Waals surface area contributed by atoms with Crippen LogP contribution in [0, 0.1) is 0 Å². The Kier molecular flexibility index (Phi) is 2.45. The zero-order valence-corrected chi connectivity index (χ0v) is 10.2. The maximum Gasteiger partial charge on any atom is 0.179 e. The Morgan fingerprint density at radius 1 is 1.28 bits per heavy atom. The second-order valence-corrected chi connectivity index (χ2v) is 4.75. The molecule has 18 heavy (non-hydrogen) atoms. The third kappa shape index (κ3) is 1.71. The minimum absolute atomic E-state index is 0.0381. The SMILES string of the molecule is C[C@@H](N)Cn1[nH]cc2ccc3cc(=O)ccc3c21. The van der Waals surface area contributed by atoms with Crippen molar-refractivity contribution in [2.75, 3.05) is 0 Å². The van der Waals surface area contributed by atoms with Gasteiger partial charge in [0.2, 0.25) is 0 Å². The molecule has 1 atom stereocenters. The molecule has 1 heterocycles. The molecule has 3 rings (SSSR count). The highest BCUT2D eigenvalue weighted by atomic mass is 16.1. The molecule has 1 aromatic heterocycles. The van der Waals surface area contributed by atoms with Crippen molar-refractivity contribution in [3.63, 3.8) is 0 Å². The molecule has 4 heteroatoms. The van der Waals surface area contributed by atoms with Gasteiger partial charge in [0.25, 0.3) is 0 Å². The van der Waals surface area contributed by atoms with Crippen molar-refractivity contribution < 1.29 is 0 Å². The molecule has 0 fully saturated rings. The van der Waals surface area contributed by atoms with Crippen LogP contribution in [0.5, 0.6) is 0 Å². The Labute approximate surface area is 104 Å². The van der Waals surface area contributed by atoms with E-state index >= 15 is 0 Å². The Balaban J connectivity index is 2.36. The average molecular weight is 241 g/mol. The lowest BCUT2D eigenvalue weighted by molar-refractivity contribution is 0.554. The number of benzene rings is 2. The summed E-state index contributed by atoms with van der Waals surface area (Å²) in [6.07, 6.45) is 1.96. The fraction of sp³-hybridized carbons (Fsp3) is 0.214. The van der Waals surface area contributed by atoms with E-state index in [-0.39, 0.29) is 11.5 Å². The van der Waals surface area contributed by atoms with Crippen molar-refractivity contribution in [2.45, 2.75) is 19.5 Å². The van der Waals surface area contributed by atoms with E-state index in [4.69, 9.17) is 5.73 Å². The van der Waals surface area contributed by atoms with Gasteiger partial charge in [-0.3, -0.25) is 9.48 Å². The zero-order chi connectivity index (χ0) is 12.7. The van der Waals surface area contributed by atoms with Gasteiger partial charge in [-0.1, -0.05) is 12.1 Å². The summed E-state index contributed by atoms with van der Waals surface area (Å²) in [5.41, 5.74) is 6.99. The molecule has 4 nitrogen and oxygen atoms in total. The highest BCUT2D eigenvalue weighted by molar-refractivity contribution is 6.05. The van der Waals surface area contributed by atoms with Crippen LogP contribution in [0.3, 0.4) is 0 Å². The Morgan fingerprint density at radius 3 is 2.83 bits per heavy atom. The monoisotopic (exact) mass is 241 g/mol. The van der Waals surface area contributed by atoms with Crippen molar-refractivity contribution in [3.8, 4) is 0 Å². The molecule has 0 spiro atoms. The van der Waals surface area contributed by atoms with Gasteiger partial charge in [0.15, 0.2) is 5.43 Å². The molecule has 0 unspecified atom stereocenters. The van der Waals surface area contributed by atoms with Crippen LogP contribution in [0.4, 0.5) is 0 Å². The third-order valence-corrected chi connectivity index (χ3v) is 3.11. The van der Waals surface area contributed by atoms with Crippen molar-refractivity contribution in [1.82, 2.24) is 9.78 Å². The summed E-state index contributed by atoms with van der Waals surface area (Å²) in [5.74, 6) is 0. The molecular weight excluding hydrogens is 226 g/mol. The van der Waals surface area contributed by atoms with Gasteiger partial charge in [-0.15, -0.1) is 0 Å². The van der Waals surface area contributed by atoms with E-state index in [1.165, 1.54) is 0 Å². The van der Waals surface area contributed by atoms with Crippen molar-refractivity contribution in [3.05, 3.63) is 46.8 Å². The predicted octanol–water partition coefficient (Wildman–Crippen LogP) is 1.83. The first kappa shape index (κ1) is 11.0. The maximum atomic E-state index is 11.4. The normalized spacial score (nSPS) is 13.2. The molecule has 0 aliphatic carbocycles. The Bertz CT molecular complexity index is 767. The molecule has 92 valence electrons. The average Bonchev–Trinajstić information content (AvgIpc) is 2.71. The van der Waals surface area contributed by atoms with Crippen LogP contribution in [0.1, 0.15) is 6.92 Å². The maximum absolute atomic E-state index is 11.4. The van der Waals surface area contributed by atoms with E-state index in [1.807, 2.05) is 36.0 Å². The molecule has 3 aromatic rings. The summed E-state index contributed by atoms with van der Waals surface area (Å²) < 4.78 is 2.03. The fourth-order valence-electron chi connectivity index (χ4n) is 2.37. The van der Waals surface area contributed by atoms with Crippen molar-refractivity contribution in [1.29, 1.82) is 0 Å². The van der Waals surface area contributed by atoms with Gasteiger partial charge in [-0.2, -0.15) is 0 Å². The van der Waals surface area contributed by atoms with Gasteiger partial charge in [-0.25, -0.2) is 0 Å². The predicted molar refractivity (Wildman–Crippen MR) is 73.7 cm³/mol. The molecule has 0 aliphatic rings. The Morgan fingerprint density at radius 2 is 2.06 bits per heavy atom. The highest BCUT2D eigenvalue weighted by Crippen LogP contribution is 2.24. The highest BCUT2D eigenvalue weighted by Gasteiger charge is 2.07. The van der Waals surface area contributed by atoms with E-state index < -0.39 is 0 Å². The van der Waals surface area contributed by atoms with Crippen molar-refractivity contribution in [2.24, 2.45) is 5.73 Å². The Hall–Kier alpha value is -2.07. The number of H-pyrrole nitrogens is 1. The number of aromatic amines is 1. The molecule has 0 saturated heterocycles. The number of hydrogen-bond acceptors (Lipinski definition) is 2. The van der Waals surface area contributed by atoms with Gasteiger partial charge in [0, 0.05) is 23.0 Å². The lowest BCUT2D eigenvalue weighted by atomic mass is 10.1.